The van der Waals surface area contributed by atoms with Crippen LogP contribution in [0.2, 0.25) is 5.02 Å². The summed E-state index contributed by atoms with van der Waals surface area (Å²) >= 11 is 6.07. The minimum Gasteiger partial charge on any atom is -0.495 e. The predicted molar refractivity (Wildman–Crippen MR) is 76.9 cm³/mol. The zero-order valence-corrected chi connectivity index (χ0v) is 11.1. The molecule has 0 heterocycles. The fourth-order valence-electron chi connectivity index (χ4n) is 1.68. The SMILES string of the molecule is COc1ccc(Nc2cc(C)ccc2N)cc1Cl. The minimum atomic E-state index is 0.564. The average molecular weight is 263 g/mol. The van der Waals surface area contributed by atoms with E-state index in [9.17, 15) is 0 Å². The molecule has 0 amide bonds. The summed E-state index contributed by atoms with van der Waals surface area (Å²) in [6, 6.07) is 11.4. The Morgan fingerprint density at radius 2 is 1.94 bits per heavy atom. The Morgan fingerprint density at radius 3 is 2.61 bits per heavy atom. The number of hydrogen-bond acceptors (Lipinski definition) is 3. The van der Waals surface area contributed by atoms with Crippen molar-refractivity contribution in [3.63, 3.8) is 0 Å². The molecule has 18 heavy (non-hydrogen) atoms. The molecule has 0 fully saturated rings. The first kappa shape index (κ1) is 12.6. The molecule has 0 radical (unpaired) electrons. The van der Waals surface area contributed by atoms with Crippen molar-refractivity contribution in [3.8, 4) is 5.75 Å². The van der Waals surface area contributed by atoms with Gasteiger partial charge in [0.1, 0.15) is 5.75 Å². The van der Waals surface area contributed by atoms with Crippen LogP contribution >= 0.6 is 11.6 Å². The molecule has 0 atom stereocenters. The molecule has 0 spiro atoms. The molecule has 0 saturated heterocycles. The van der Waals surface area contributed by atoms with Gasteiger partial charge in [-0.3, -0.25) is 0 Å². The molecular formula is C14H15ClN2O. The van der Waals surface area contributed by atoms with Crippen LogP contribution < -0.4 is 15.8 Å². The molecule has 94 valence electrons. The van der Waals surface area contributed by atoms with Gasteiger partial charge in [0.05, 0.1) is 23.5 Å². The number of anilines is 3. The number of nitrogen functional groups attached to an aromatic ring is 1. The van der Waals surface area contributed by atoms with E-state index in [0.717, 1.165) is 16.9 Å². The lowest BCUT2D eigenvalue weighted by Gasteiger charge is -2.11. The summed E-state index contributed by atoms with van der Waals surface area (Å²) in [7, 11) is 1.59. The molecule has 0 aromatic heterocycles. The predicted octanol–water partition coefficient (Wildman–Crippen LogP) is 3.98. The van der Waals surface area contributed by atoms with Crippen molar-refractivity contribution in [2.24, 2.45) is 0 Å². The highest BCUT2D eigenvalue weighted by molar-refractivity contribution is 6.32. The van der Waals surface area contributed by atoms with Crippen LogP contribution in [0.3, 0.4) is 0 Å². The Morgan fingerprint density at radius 1 is 1.17 bits per heavy atom. The normalized spacial score (nSPS) is 10.2. The maximum atomic E-state index is 6.07. The molecule has 2 aromatic rings. The summed E-state index contributed by atoms with van der Waals surface area (Å²) in [5.74, 6) is 0.652. The zero-order chi connectivity index (χ0) is 13.1. The second-order valence-electron chi connectivity index (χ2n) is 4.07. The highest BCUT2D eigenvalue weighted by Gasteiger charge is 2.04. The van der Waals surface area contributed by atoms with Crippen LogP contribution in [0.4, 0.5) is 17.1 Å². The first-order valence-electron chi connectivity index (χ1n) is 5.57. The van der Waals surface area contributed by atoms with E-state index in [2.05, 4.69) is 5.32 Å². The number of ether oxygens (including phenoxy) is 1. The molecule has 0 aliphatic carbocycles. The van der Waals surface area contributed by atoms with E-state index in [1.807, 2.05) is 43.3 Å². The van der Waals surface area contributed by atoms with Crippen molar-refractivity contribution < 1.29 is 4.74 Å². The average Bonchev–Trinajstić information content (AvgIpc) is 2.34. The van der Waals surface area contributed by atoms with Gasteiger partial charge in [0, 0.05) is 5.69 Å². The van der Waals surface area contributed by atoms with E-state index in [-0.39, 0.29) is 0 Å². The quantitative estimate of drug-likeness (QED) is 0.823. The van der Waals surface area contributed by atoms with Gasteiger partial charge in [-0.05, 0) is 42.8 Å². The molecule has 0 aliphatic heterocycles. The molecule has 0 unspecified atom stereocenters. The van der Waals surface area contributed by atoms with E-state index in [1.165, 1.54) is 0 Å². The van der Waals surface area contributed by atoms with Gasteiger partial charge in [0.25, 0.3) is 0 Å². The summed E-state index contributed by atoms with van der Waals surface area (Å²) in [4.78, 5) is 0. The van der Waals surface area contributed by atoms with Gasteiger partial charge in [0.15, 0.2) is 0 Å². The maximum Gasteiger partial charge on any atom is 0.137 e. The maximum absolute atomic E-state index is 6.07. The first-order valence-corrected chi connectivity index (χ1v) is 5.94. The van der Waals surface area contributed by atoms with Crippen LogP contribution in [0.5, 0.6) is 5.75 Å². The van der Waals surface area contributed by atoms with Crippen LogP contribution in [0, 0.1) is 6.92 Å². The number of halogens is 1. The van der Waals surface area contributed by atoms with E-state index in [0.29, 0.717) is 16.5 Å². The summed E-state index contributed by atoms with van der Waals surface area (Å²) < 4.78 is 5.11. The van der Waals surface area contributed by atoms with Crippen LogP contribution in [0.1, 0.15) is 5.56 Å². The first-order chi connectivity index (χ1) is 8.60. The summed E-state index contributed by atoms with van der Waals surface area (Å²) in [6.07, 6.45) is 0. The number of rotatable bonds is 3. The van der Waals surface area contributed by atoms with E-state index in [4.69, 9.17) is 22.1 Å². The number of benzene rings is 2. The van der Waals surface area contributed by atoms with Gasteiger partial charge in [0.2, 0.25) is 0 Å². The third kappa shape index (κ3) is 2.68. The van der Waals surface area contributed by atoms with Crippen molar-refractivity contribution >= 4 is 28.7 Å². The van der Waals surface area contributed by atoms with Gasteiger partial charge in [-0.15, -0.1) is 0 Å². The van der Waals surface area contributed by atoms with Crippen molar-refractivity contribution in [1.29, 1.82) is 0 Å². The van der Waals surface area contributed by atoms with E-state index >= 15 is 0 Å². The van der Waals surface area contributed by atoms with Crippen LogP contribution in [0.25, 0.3) is 0 Å². The second-order valence-corrected chi connectivity index (χ2v) is 4.47. The molecule has 4 heteroatoms. The number of methoxy groups -OCH3 is 1. The smallest absolute Gasteiger partial charge is 0.137 e. The topological polar surface area (TPSA) is 47.3 Å². The third-order valence-electron chi connectivity index (χ3n) is 2.64. The number of nitrogens with two attached hydrogens (primary N) is 1. The number of nitrogens with one attached hydrogen (secondary N) is 1. The van der Waals surface area contributed by atoms with Gasteiger partial charge in [-0.1, -0.05) is 17.7 Å². The number of hydrogen-bond donors (Lipinski definition) is 2. The van der Waals surface area contributed by atoms with Gasteiger partial charge < -0.3 is 15.8 Å². The van der Waals surface area contributed by atoms with Gasteiger partial charge in [-0.25, -0.2) is 0 Å². The van der Waals surface area contributed by atoms with E-state index < -0.39 is 0 Å². The molecule has 3 nitrogen and oxygen atoms in total. The lowest BCUT2D eigenvalue weighted by atomic mass is 10.2. The zero-order valence-electron chi connectivity index (χ0n) is 10.3. The van der Waals surface area contributed by atoms with Crippen LogP contribution in [-0.4, -0.2) is 7.11 Å². The third-order valence-corrected chi connectivity index (χ3v) is 2.93. The molecule has 0 bridgehead atoms. The fraction of sp³-hybridized carbons (Fsp3) is 0.143. The van der Waals surface area contributed by atoms with Crippen molar-refractivity contribution in [2.75, 3.05) is 18.2 Å². The highest BCUT2D eigenvalue weighted by Crippen LogP contribution is 2.30. The van der Waals surface area contributed by atoms with Crippen molar-refractivity contribution in [1.82, 2.24) is 0 Å². The standard InChI is InChI=1S/C14H15ClN2O/c1-9-3-5-12(16)13(7-9)17-10-4-6-14(18-2)11(15)8-10/h3-8,17H,16H2,1-2H3. The Hall–Kier alpha value is -1.87. The molecule has 0 saturated carbocycles. The van der Waals surface area contributed by atoms with Gasteiger partial charge in [-0.2, -0.15) is 0 Å². The lowest BCUT2D eigenvalue weighted by Crippen LogP contribution is -1.97. The Bertz CT molecular complexity index is 570. The monoisotopic (exact) mass is 262 g/mol. The minimum absolute atomic E-state index is 0.564. The highest BCUT2D eigenvalue weighted by atomic mass is 35.5. The lowest BCUT2D eigenvalue weighted by molar-refractivity contribution is 0.415. The van der Waals surface area contributed by atoms with Crippen LogP contribution in [0.15, 0.2) is 36.4 Å². The molecular weight excluding hydrogens is 248 g/mol. The van der Waals surface area contributed by atoms with Gasteiger partial charge >= 0.3 is 0 Å². The van der Waals surface area contributed by atoms with E-state index in [1.54, 1.807) is 7.11 Å². The summed E-state index contributed by atoms with van der Waals surface area (Å²) in [5.41, 5.74) is 9.50. The molecule has 2 rings (SSSR count). The number of aryl methyl sites for hydroxylation is 1. The van der Waals surface area contributed by atoms with Crippen molar-refractivity contribution in [2.45, 2.75) is 6.92 Å². The van der Waals surface area contributed by atoms with Crippen LogP contribution in [-0.2, 0) is 0 Å². The van der Waals surface area contributed by atoms with Crippen molar-refractivity contribution in [3.05, 3.63) is 47.0 Å². The largest absolute Gasteiger partial charge is 0.495 e. The summed E-state index contributed by atoms with van der Waals surface area (Å²) in [5, 5.41) is 3.80. The molecule has 0 aliphatic rings. The Labute approximate surface area is 112 Å². The second kappa shape index (κ2) is 5.19. The Kier molecular flexibility index (Phi) is 3.63. The summed E-state index contributed by atoms with van der Waals surface area (Å²) in [6.45, 7) is 2.02. The molecule has 2 aromatic carbocycles. The Balaban J connectivity index is 2.28. The molecule has 3 N–H and O–H groups in total. The fourth-order valence-corrected chi connectivity index (χ4v) is 1.94.